The molecule has 0 spiro atoms. The molecule has 1 saturated heterocycles. The minimum atomic E-state index is -3.74. The molecule has 4 fully saturated rings. The average Bonchev–Trinajstić information content (AvgIpc) is 3.31. The van der Waals surface area contributed by atoms with Crippen LogP contribution < -0.4 is 5.73 Å². The van der Waals surface area contributed by atoms with Crippen molar-refractivity contribution < 1.29 is 32.4 Å². The Balaban J connectivity index is 1.35. The lowest BCUT2D eigenvalue weighted by Crippen LogP contribution is -2.51. The molecule has 5 rings (SSSR count). The molecule has 1 aromatic heterocycles. The standard InChI is InChI=1S/C38H55N3O7S/c1-36(2,3)27(20-26(42)21-38(15-8-6-9-16-38)23-49(47,48)30-14-7-10-17-40-30)35(46)41-22-28-31(37(28,4)5)32(41)29(43)19-25(33(44)34(39)45)18-24-12-11-13-24/h7,10,14,17,24-25,27-28,31-32H,6,8-9,11-13,15-16,18-23H2,1-5H3,(H2,39,45)/t25?,27-,28?,31+,32-/m1/s1. The largest absolute Gasteiger partial charge is 0.363 e. The highest BCUT2D eigenvalue weighted by Crippen LogP contribution is 2.65. The maximum absolute atomic E-state index is 14.5. The van der Waals surface area contributed by atoms with E-state index in [1.807, 2.05) is 20.8 Å². The normalized spacial score (nSPS) is 25.8. The van der Waals surface area contributed by atoms with Crippen LogP contribution in [0.4, 0.5) is 0 Å². The third-order valence-electron chi connectivity index (χ3n) is 12.4. The highest BCUT2D eigenvalue weighted by Gasteiger charge is 2.69. The maximum Gasteiger partial charge on any atom is 0.285 e. The van der Waals surface area contributed by atoms with E-state index in [2.05, 4.69) is 18.8 Å². The van der Waals surface area contributed by atoms with Crippen LogP contribution in [0.3, 0.4) is 0 Å². The number of ketones is 3. The molecular weight excluding hydrogens is 642 g/mol. The summed E-state index contributed by atoms with van der Waals surface area (Å²) >= 11 is 0. The average molecular weight is 698 g/mol. The van der Waals surface area contributed by atoms with E-state index in [0.29, 0.717) is 25.8 Å². The summed E-state index contributed by atoms with van der Waals surface area (Å²) in [4.78, 5) is 73.2. The third-order valence-corrected chi connectivity index (χ3v) is 14.3. The zero-order chi connectivity index (χ0) is 35.9. The zero-order valence-electron chi connectivity index (χ0n) is 29.9. The molecule has 11 heteroatoms. The monoisotopic (exact) mass is 697 g/mol. The minimum absolute atomic E-state index is 0.00818. The molecule has 270 valence electrons. The number of Topliss-reactive ketones (excluding diaryl/α,β-unsaturated/α-hetero) is 3. The second-order valence-electron chi connectivity index (χ2n) is 17.3. The highest BCUT2D eigenvalue weighted by molar-refractivity contribution is 7.91. The molecule has 0 bridgehead atoms. The number of piperidine rings is 1. The van der Waals surface area contributed by atoms with Gasteiger partial charge in [-0.15, -0.1) is 0 Å². The fourth-order valence-corrected chi connectivity index (χ4v) is 11.1. The SMILES string of the molecule is CC(C)(C)[C@H](CC(=O)CC1(CS(=O)(=O)c2ccccn2)CCCCC1)C(=O)N1CC2[C@@H]([C@H]1C(=O)CC(CC1CCC1)C(=O)C(N)=O)C2(C)C. The van der Waals surface area contributed by atoms with E-state index in [1.165, 1.54) is 12.3 Å². The predicted octanol–water partition coefficient (Wildman–Crippen LogP) is 5.12. The highest BCUT2D eigenvalue weighted by atomic mass is 32.2. The summed E-state index contributed by atoms with van der Waals surface area (Å²) in [6, 6.07) is 4.06. The molecule has 10 nitrogen and oxygen atoms in total. The number of carbonyl (C=O) groups is 5. The summed E-state index contributed by atoms with van der Waals surface area (Å²) in [5.41, 5.74) is 3.91. The van der Waals surface area contributed by atoms with Gasteiger partial charge < -0.3 is 10.6 Å². The van der Waals surface area contributed by atoms with Gasteiger partial charge >= 0.3 is 0 Å². The van der Waals surface area contributed by atoms with Gasteiger partial charge in [-0.25, -0.2) is 13.4 Å². The lowest BCUT2D eigenvalue weighted by molar-refractivity contribution is -0.148. The van der Waals surface area contributed by atoms with Crippen LogP contribution >= 0.6 is 0 Å². The van der Waals surface area contributed by atoms with Crippen molar-refractivity contribution in [2.45, 2.75) is 123 Å². The minimum Gasteiger partial charge on any atom is -0.363 e. The Morgan fingerprint density at radius 3 is 2.22 bits per heavy atom. The van der Waals surface area contributed by atoms with E-state index in [0.717, 1.165) is 38.5 Å². The Kier molecular flexibility index (Phi) is 10.7. The van der Waals surface area contributed by atoms with Gasteiger partial charge in [-0.05, 0) is 65.4 Å². The number of hydrogen-bond donors (Lipinski definition) is 1. The van der Waals surface area contributed by atoms with E-state index in [-0.39, 0.29) is 70.7 Å². The fraction of sp³-hybridized carbons (Fsp3) is 0.737. The van der Waals surface area contributed by atoms with Gasteiger partial charge in [0.2, 0.25) is 11.7 Å². The smallest absolute Gasteiger partial charge is 0.285 e. The lowest BCUT2D eigenvalue weighted by Gasteiger charge is -2.39. The van der Waals surface area contributed by atoms with E-state index in [1.54, 1.807) is 17.0 Å². The van der Waals surface area contributed by atoms with Crippen LogP contribution in [0.15, 0.2) is 29.4 Å². The number of nitrogens with two attached hydrogens (primary N) is 1. The third kappa shape index (κ3) is 8.02. The molecule has 5 atom stereocenters. The summed E-state index contributed by atoms with van der Waals surface area (Å²) in [5, 5.41) is 0.00818. The van der Waals surface area contributed by atoms with Crippen molar-refractivity contribution in [1.82, 2.24) is 9.88 Å². The second-order valence-corrected chi connectivity index (χ2v) is 19.3. The number of carbonyl (C=O) groups excluding carboxylic acids is 5. The van der Waals surface area contributed by atoms with Gasteiger partial charge in [0, 0.05) is 43.8 Å². The topological polar surface area (TPSA) is 162 Å². The van der Waals surface area contributed by atoms with Crippen LogP contribution in [0, 0.1) is 45.8 Å². The number of sulfone groups is 1. The Labute approximate surface area is 291 Å². The molecule has 3 saturated carbocycles. The number of amides is 2. The number of hydrogen-bond acceptors (Lipinski definition) is 8. The van der Waals surface area contributed by atoms with Gasteiger partial charge in [-0.3, -0.25) is 24.0 Å². The van der Waals surface area contributed by atoms with E-state index >= 15 is 0 Å². The molecule has 2 amide bonds. The number of fused-ring (bicyclic) bond motifs is 1. The molecular formula is C38H55N3O7S. The molecule has 0 radical (unpaired) electrons. The zero-order valence-corrected chi connectivity index (χ0v) is 30.7. The van der Waals surface area contributed by atoms with Crippen LogP contribution in [0.2, 0.25) is 0 Å². The summed E-state index contributed by atoms with van der Waals surface area (Å²) in [6.45, 7) is 10.3. The Morgan fingerprint density at radius 1 is 1.00 bits per heavy atom. The molecule has 49 heavy (non-hydrogen) atoms. The summed E-state index contributed by atoms with van der Waals surface area (Å²) in [6.07, 6.45) is 8.67. The van der Waals surface area contributed by atoms with E-state index < -0.39 is 50.2 Å². The maximum atomic E-state index is 14.5. The molecule has 2 N–H and O–H groups in total. The van der Waals surface area contributed by atoms with Crippen molar-refractivity contribution in [1.29, 1.82) is 0 Å². The van der Waals surface area contributed by atoms with Gasteiger partial charge in [-0.1, -0.05) is 79.2 Å². The van der Waals surface area contributed by atoms with Crippen molar-refractivity contribution in [3.63, 3.8) is 0 Å². The molecule has 1 aromatic rings. The van der Waals surface area contributed by atoms with Crippen molar-refractivity contribution in [3.05, 3.63) is 24.4 Å². The van der Waals surface area contributed by atoms with Gasteiger partial charge in [0.1, 0.15) is 5.78 Å². The Morgan fingerprint density at radius 2 is 1.67 bits per heavy atom. The first kappa shape index (κ1) is 37.3. The molecule has 0 aromatic carbocycles. The van der Waals surface area contributed by atoms with Gasteiger partial charge in [0.25, 0.3) is 5.91 Å². The quantitative estimate of drug-likeness (QED) is 0.247. The van der Waals surface area contributed by atoms with Crippen LogP contribution in [-0.2, 0) is 33.8 Å². The van der Waals surface area contributed by atoms with Crippen LogP contribution in [0.5, 0.6) is 0 Å². The van der Waals surface area contributed by atoms with Crippen molar-refractivity contribution in [3.8, 4) is 0 Å². The molecule has 1 aliphatic heterocycles. The number of primary amides is 1. The summed E-state index contributed by atoms with van der Waals surface area (Å²) in [5.74, 6) is -3.69. The number of nitrogens with zero attached hydrogens (tertiary/aromatic N) is 2. The van der Waals surface area contributed by atoms with Crippen LogP contribution in [0.1, 0.15) is 112 Å². The van der Waals surface area contributed by atoms with E-state index in [9.17, 15) is 32.4 Å². The fourth-order valence-electron chi connectivity index (χ4n) is 9.23. The Hall–Kier alpha value is -2.95. The molecule has 4 aliphatic rings. The van der Waals surface area contributed by atoms with Gasteiger partial charge in [-0.2, -0.15) is 0 Å². The van der Waals surface area contributed by atoms with Crippen molar-refractivity contribution in [2.24, 2.45) is 51.6 Å². The number of rotatable bonds is 15. The molecule has 2 heterocycles. The summed E-state index contributed by atoms with van der Waals surface area (Å²) in [7, 11) is -3.74. The van der Waals surface area contributed by atoms with Crippen molar-refractivity contribution in [2.75, 3.05) is 12.3 Å². The number of aromatic nitrogens is 1. The summed E-state index contributed by atoms with van der Waals surface area (Å²) < 4.78 is 26.9. The predicted molar refractivity (Wildman–Crippen MR) is 185 cm³/mol. The van der Waals surface area contributed by atoms with Crippen LogP contribution in [0.25, 0.3) is 0 Å². The first-order valence-electron chi connectivity index (χ1n) is 18.2. The Bertz CT molecular complexity index is 1550. The lowest BCUT2D eigenvalue weighted by atomic mass is 9.70. The van der Waals surface area contributed by atoms with Crippen molar-refractivity contribution >= 4 is 39.0 Å². The molecule has 3 aliphatic carbocycles. The first-order chi connectivity index (χ1) is 22.9. The number of pyridine rings is 1. The number of likely N-dealkylation sites (tertiary alicyclic amines) is 1. The van der Waals surface area contributed by atoms with E-state index in [4.69, 9.17) is 5.73 Å². The molecule has 2 unspecified atom stereocenters. The van der Waals surface area contributed by atoms with Gasteiger partial charge in [0.15, 0.2) is 20.6 Å². The first-order valence-corrected chi connectivity index (χ1v) is 19.8. The van der Waals surface area contributed by atoms with Gasteiger partial charge in [0.05, 0.1) is 11.8 Å². The van der Waals surface area contributed by atoms with Crippen LogP contribution in [-0.4, -0.2) is 65.8 Å². The second kappa shape index (κ2) is 14.0.